The zero-order chi connectivity index (χ0) is 7.61. The van der Waals surface area contributed by atoms with Crippen LogP contribution in [0, 0.1) is 0 Å². The SMILES string of the molecule is CCC(C)(C)c1cnsc1. The Labute approximate surface area is 66.3 Å². The minimum atomic E-state index is 0.312. The molecule has 2 heteroatoms. The van der Waals surface area contributed by atoms with E-state index >= 15 is 0 Å². The van der Waals surface area contributed by atoms with E-state index < -0.39 is 0 Å². The van der Waals surface area contributed by atoms with Crippen LogP contribution in [0.2, 0.25) is 0 Å². The number of nitrogens with zero attached hydrogens (tertiary/aromatic N) is 1. The van der Waals surface area contributed by atoms with Gasteiger partial charge in [0.2, 0.25) is 0 Å². The standard InChI is InChI=1S/C8H13NS/c1-4-8(2,3)7-5-9-10-6-7/h5-6H,4H2,1-3H3. The summed E-state index contributed by atoms with van der Waals surface area (Å²) in [6.07, 6.45) is 3.14. The summed E-state index contributed by atoms with van der Waals surface area (Å²) in [6, 6.07) is 0. The van der Waals surface area contributed by atoms with E-state index in [4.69, 9.17) is 0 Å². The maximum absolute atomic E-state index is 4.08. The molecule has 0 unspecified atom stereocenters. The van der Waals surface area contributed by atoms with Crippen LogP contribution in [0.25, 0.3) is 0 Å². The third-order valence-electron chi connectivity index (χ3n) is 2.10. The first kappa shape index (κ1) is 7.73. The van der Waals surface area contributed by atoms with Crippen LogP contribution in [0.4, 0.5) is 0 Å². The molecular weight excluding hydrogens is 142 g/mol. The summed E-state index contributed by atoms with van der Waals surface area (Å²) in [5.74, 6) is 0. The average Bonchev–Trinajstić information content (AvgIpc) is 2.38. The molecule has 0 atom stereocenters. The van der Waals surface area contributed by atoms with Gasteiger partial charge in [-0.15, -0.1) is 0 Å². The van der Waals surface area contributed by atoms with Crippen molar-refractivity contribution in [2.75, 3.05) is 0 Å². The Morgan fingerprint density at radius 3 is 2.70 bits per heavy atom. The fraction of sp³-hybridized carbons (Fsp3) is 0.625. The summed E-state index contributed by atoms with van der Waals surface area (Å²) < 4.78 is 4.08. The maximum atomic E-state index is 4.08. The van der Waals surface area contributed by atoms with Gasteiger partial charge in [-0.1, -0.05) is 20.8 Å². The van der Waals surface area contributed by atoms with Crippen molar-refractivity contribution in [3.63, 3.8) is 0 Å². The van der Waals surface area contributed by atoms with Gasteiger partial charge >= 0.3 is 0 Å². The smallest absolute Gasteiger partial charge is 0.0444 e. The van der Waals surface area contributed by atoms with Gasteiger partial charge in [-0.25, -0.2) is 4.37 Å². The first-order chi connectivity index (χ1) is 4.67. The third kappa shape index (κ3) is 1.37. The molecule has 1 nitrogen and oxygen atoms in total. The molecule has 0 aliphatic rings. The second kappa shape index (κ2) is 2.70. The Hall–Kier alpha value is -0.370. The molecule has 0 saturated heterocycles. The quantitative estimate of drug-likeness (QED) is 0.640. The highest BCUT2D eigenvalue weighted by molar-refractivity contribution is 7.03. The monoisotopic (exact) mass is 155 g/mol. The van der Waals surface area contributed by atoms with Crippen LogP contribution in [0.5, 0.6) is 0 Å². The second-order valence-corrected chi connectivity index (χ2v) is 3.81. The highest BCUT2D eigenvalue weighted by atomic mass is 32.1. The molecule has 0 aliphatic carbocycles. The van der Waals surface area contributed by atoms with Gasteiger partial charge in [0.25, 0.3) is 0 Å². The summed E-state index contributed by atoms with van der Waals surface area (Å²) in [5, 5.41) is 2.13. The lowest BCUT2D eigenvalue weighted by Gasteiger charge is -2.20. The van der Waals surface area contributed by atoms with Crippen LogP contribution in [0.3, 0.4) is 0 Å². The normalized spacial score (nSPS) is 11.9. The van der Waals surface area contributed by atoms with Crippen LogP contribution < -0.4 is 0 Å². The van der Waals surface area contributed by atoms with E-state index in [9.17, 15) is 0 Å². The highest BCUT2D eigenvalue weighted by Gasteiger charge is 2.18. The van der Waals surface area contributed by atoms with Gasteiger partial charge < -0.3 is 0 Å². The minimum Gasteiger partial charge on any atom is -0.201 e. The first-order valence-electron chi connectivity index (χ1n) is 3.56. The zero-order valence-electron chi connectivity index (χ0n) is 6.72. The molecule has 0 N–H and O–H groups in total. The molecule has 56 valence electrons. The van der Waals surface area contributed by atoms with E-state index in [0.29, 0.717) is 5.41 Å². The Bertz CT molecular complexity index is 189. The lowest BCUT2D eigenvalue weighted by atomic mass is 9.85. The highest BCUT2D eigenvalue weighted by Crippen LogP contribution is 2.26. The van der Waals surface area contributed by atoms with Crippen molar-refractivity contribution in [1.82, 2.24) is 4.37 Å². The molecule has 10 heavy (non-hydrogen) atoms. The molecule has 1 aromatic heterocycles. The maximum Gasteiger partial charge on any atom is 0.0444 e. The van der Waals surface area contributed by atoms with Crippen molar-refractivity contribution in [2.45, 2.75) is 32.6 Å². The van der Waals surface area contributed by atoms with Gasteiger partial charge in [-0.2, -0.15) is 0 Å². The molecule has 0 aliphatic heterocycles. The van der Waals surface area contributed by atoms with Crippen LogP contribution in [-0.2, 0) is 5.41 Å². The van der Waals surface area contributed by atoms with Crippen molar-refractivity contribution >= 4 is 11.5 Å². The second-order valence-electron chi connectivity index (χ2n) is 3.15. The van der Waals surface area contributed by atoms with Crippen molar-refractivity contribution < 1.29 is 0 Å². The van der Waals surface area contributed by atoms with Gasteiger partial charge in [0, 0.05) is 11.6 Å². The molecule has 0 aromatic carbocycles. The summed E-state index contributed by atoms with van der Waals surface area (Å²) >= 11 is 1.53. The first-order valence-corrected chi connectivity index (χ1v) is 4.40. The Kier molecular flexibility index (Phi) is 2.09. The van der Waals surface area contributed by atoms with Crippen molar-refractivity contribution in [2.24, 2.45) is 0 Å². The van der Waals surface area contributed by atoms with Gasteiger partial charge in [0.1, 0.15) is 0 Å². The average molecular weight is 155 g/mol. The summed E-state index contributed by atoms with van der Waals surface area (Å²) in [6.45, 7) is 6.70. The molecule has 1 heterocycles. The van der Waals surface area contributed by atoms with Crippen molar-refractivity contribution in [3.05, 3.63) is 17.1 Å². The number of hydrogen-bond donors (Lipinski definition) is 0. The van der Waals surface area contributed by atoms with Crippen LogP contribution in [0.1, 0.15) is 32.8 Å². The Morgan fingerprint density at radius 2 is 2.30 bits per heavy atom. The Balaban J connectivity index is 2.85. The lowest BCUT2D eigenvalue weighted by molar-refractivity contribution is 0.507. The van der Waals surface area contributed by atoms with Gasteiger partial charge in [0.15, 0.2) is 0 Å². The predicted molar refractivity (Wildman–Crippen MR) is 45.4 cm³/mol. The molecular formula is C8H13NS. The number of aromatic nitrogens is 1. The fourth-order valence-corrected chi connectivity index (χ4v) is 1.47. The van der Waals surface area contributed by atoms with E-state index in [1.54, 1.807) is 0 Å². The summed E-state index contributed by atoms with van der Waals surface area (Å²) in [5.41, 5.74) is 1.67. The van der Waals surface area contributed by atoms with Crippen molar-refractivity contribution in [3.8, 4) is 0 Å². The molecule has 1 aromatic rings. The van der Waals surface area contributed by atoms with Crippen LogP contribution >= 0.6 is 11.5 Å². The minimum absolute atomic E-state index is 0.312. The van der Waals surface area contributed by atoms with Crippen LogP contribution in [-0.4, -0.2) is 4.37 Å². The third-order valence-corrected chi connectivity index (χ3v) is 2.68. The topological polar surface area (TPSA) is 12.9 Å². The lowest BCUT2D eigenvalue weighted by Crippen LogP contribution is -2.13. The Morgan fingerprint density at radius 1 is 1.60 bits per heavy atom. The molecule has 0 saturated carbocycles. The predicted octanol–water partition coefficient (Wildman–Crippen LogP) is 2.83. The molecule has 0 spiro atoms. The van der Waals surface area contributed by atoms with Crippen molar-refractivity contribution in [1.29, 1.82) is 0 Å². The van der Waals surface area contributed by atoms with E-state index in [1.165, 1.54) is 23.5 Å². The van der Waals surface area contributed by atoms with Gasteiger partial charge in [-0.05, 0) is 28.9 Å². The molecule has 0 bridgehead atoms. The summed E-state index contributed by atoms with van der Waals surface area (Å²) in [7, 11) is 0. The largest absolute Gasteiger partial charge is 0.201 e. The van der Waals surface area contributed by atoms with E-state index in [2.05, 4.69) is 30.5 Å². The molecule has 0 radical (unpaired) electrons. The fourth-order valence-electron chi connectivity index (χ4n) is 0.743. The van der Waals surface area contributed by atoms with Gasteiger partial charge in [-0.3, -0.25) is 0 Å². The van der Waals surface area contributed by atoms with E-state index in [-0.39, 0.29) is 0 Å². The van der Waals surface area contributed by atoms with Gasteiger partial charge in [0.05, 0.1) is 0 Å². The molecule has 1 rings (SSSR count). The summed E-state index contributed by atoms with van der Waals surface area (Å²) in [4.78, 5) is 0. The number of hydrogen-bond acceptors (Lipinski definition) is 2. The zero-order valence-corrected chi connectivity index (χ0v) is 7.53. The molecule has 0 amide bonds. The molecule has 0 fully saturated rings. The van der Waals surface area contributed by atoms with E-state index in [0.717, 1.165) is 0 Å². The van der Waals surface area contributed by atoms with Crippen LogP contribution in [0.15, 0.2) is 11.6 Å². The number of rotatable bonds is 2. The van der Waals surface area contributed by atoms with E-state index in [1.807, 2.05) is 6.20 Å².